The Hall–Kier alpha value is -1.85. The molecule has 1 unspecified atom stereocenters. The van der Waals surface area contributed by atoms with E-state index in [0.29, 0.717) is 31.5 Å². The van der Waals surface area contributed by atoms with Crippen LogP contribution < -0.4 is 5.32 Å². The Kier molecular flexibility index (Phi) is 3.87. The normalized spacial score (nSPS) is 19.4. The molecule has 19 heavy (non-hydrogen) atoms. The van der Waals surface area contributed by atoms with Crippen LogP contribution in [-0.2, 0) is 18.3 Å². The second kappa shape index (κ2) is 5.42. The molecule has 0 bridgehead atoms. The van der Waals surface area contributed by atoms with E-state index in [2.05, 4.69) is 10.4 Å². The van der Waals surface area contributed by atoms with E-state index in [0.717, 1.165) is 5.69 Å². The highest BCUT2D eigenvalue weighted by Gasteiger charge is 2.33. The van der Waals surface area contributed by atoms with Crippen LogP contribution in [0.25, 0.3) is 0 Å². The molecule has 0 aromatic carbocycles. The van der Waals surface area contributed by atoms with E-state index < -0.39 is 0 Å². The zero-order valence-electron chi connectivity index (χ0n) is 11.6. The molecule has 0 aliphatic carbocycles. The van der Waals surface area contributed by atoms with Crippen molar-refractivity contribution in [1.29, 1.82) is 0 Å². The van der Waals surface area contributed by atoms with Gasteiger partial charge in [0.1, 0.15) is 6.04 Å². The first-order valence-corrected chi connectivity index (χ1v) is 6.69. The van der Waals surface area contributed by atoms with Gasteiger partial charge in [0.25, 0.3) is 5.91 Å². The van der Waals surface area contributed by atoms with Gasteiger partial charge in [-0.15, -0.1) is 0 Å². The molecule has 1 aromatic heterocycles. The zero-order chi connectivity index (χ0) is 14.0. The number of rotatable bonds is 3. The Bertz CT molecular complexity index is 495. The van der Waals surface area contributed by atoms with Crippen molar-refractivity contribution in [2.75, 3.05) is 13.1 Å². The Morgan fingerprint density at radius 3 is 2.89 bits per heavy atom. The van der Waals surface area contributed by atoms with Crippen LogP contribution in [0, 0.1) is 0 Å². The molecule has 2 rings (SSSR count). The number of nitrogens with one attached hydrogen (secondary N) is 1. The van der Waals surface area contributed by atoms with Gasteiger partial charge in [0, 0.05) is 26.3 Å². The van der Waals surface area contributed by atoms with Crippen molar-refractivity contribution in [2.24, 2.45) is 7.05 Å². The third kappa shape index (κ3) is 2.47. The highest BCUT2D eigenvalue weighted by molar-refractivity contribution is 5.98. The number of carbonyl (C=O) groups excluding carboxylic acids is 2. The third-order valence-electron chi connectivity index (χ3n) is 3.45. The summed E-state index contributed by atoms with van der Waals surface area (Å²) >= 11 is 0. The zero-order valence-corrected chi connectivity index (χ0v) is 11.6. The van der Waals surface area contributed by atoms with Gasteiger partial charge in [0.2, 0.25) is 5.91 Å². The molecule has 0 radical (unpaired) electrons. The van der Waals surface area contributed by atoms with Crippen LogP contribution in [0.1, 0.15) is 36.3 Å². The minimum absolute atomic E-state index is 0.0657. The average molecular weight is 264 g/mol. The Morgan fingerprint density at radius 1 is 1.53 bits per heavy atom. The Balaban J connectivity index is 2.29. The van der Waals surface area contributed by atoms with Crippen LogP contribution in [0.15, 0.2) is 6.20 Å². The van der Waals surface area contributed by atoms with Gasteiger partial charge in [-0.25, -0.2) is 0 Å². The molecule has 0 saturated carbocycles. The van der Waals surface area contributed by atoms with Gasteiger partial charge in [0.05, 0.1) is 11.3 Å². The molecule has 2 amide bonds. The molecule has 2 heterocycles. The summed E-state index contributed by atoms with van der Waals surface area (Å²) in [5.41, 5.74) is 1.39. The van der Waals surface area contributed by atoms with E-state index in [1.807, 2.05) is 13.8 Å². The van der Waals surface area contributed by atoms with Gasteiger partial charge in [-0.05, 0) is 12.8 Å². The van der Waals surface area contributed by atoms with Crippen molar-refractivity contribution >= 4 is 11.8 Å². The summed E-state index contributed by atoms with van der Waals surface area (Å²) in [5, 5.41) is 7.08. The number of carbonyl (C=O) groups is 2. The fourth-order valence-electron chi connectivity index (χ4n) is 2.49. The SMILES string of the molecule is CCc1nn(C)cc1C(=O)N1CCNC(=O)C1CC. The van der Waals surface area contributed by atoms with E-state index >= 15 is 0 Å². The van der Waals surface area contributed by atoms with E-state index in [-0.39, 0.29) is 17.9 Å². The number of aryl methyl sites for hydroxylation is 2. The topological polar surface area (TPSA) is 67.2 Å². The second-order valence-corrected chi connectivity index (χ2v) is 4.73. The van der Waals surface area contributed by atoms with Crippen LogP contribution in [0.4, 0.5) is 0 Å². The van der Waals surface area contributed by atoms with Crippen LogP contribution in [0.2, 0.25) is 0 Å². The molecular weight excluding hydrogens is 244 g/mol. The molecule has 0 spiro atoms. The first kappa shape index (κ1) is 13.6. The van der Waals surface area contributed by atoms with Crippen molar-refractivity contribution in [3.05, 3.63) is 17.5 Å². The average Bonchev–Trinajstić information content (AvgIpc) is 2.78. The molecule has 1 aliphatic rings. The Morgan fingerprint density at radius 2 is 2.26 bits per heavy atom. The second-order valence-electron chi connectivity index (χ2n) is 4.73. The predicted molar refractivity (Wildman–Crippen MR) is 70.7 cm³/mol. The minimum Gasteiger partial charge on any atom is -0.353 e. The van der Waals surface area contributed by atoms with Gasteiger partial charge in [0.15, 0.2) is 0 Å². The molecule has 1 saturated heterocycles. The number of hydrogen-bond donors (Lipinski definition) is 1. The molecule has 1 aromatic rings. The van der Waals surface area contributed by atoms with E-state index in [9.17, 15) is 9.59 Å². The Labute approximate surface area is 112 Å². The summed E-state index contributed by atoms with van der Waals surface area (Å²) < 4.78 is 1.65. The lowest BCUT2D eigenvalue weighted by Gasteiger charge is -2.34. The van der Waals surface area contributed by atoms with Gasteiger partial charge in [-0.2, -0.15) is 5.10 Å². The fourth-order valence-corrected chi connectivity index (χ4v) is 2.49. The lowest BCUT2D eigenvalue weighted by atomic mass is 10.1. The largest absolute Gasteiger partial charge is 0.353 e. The molecule has 1 N–H and O–H groups in total. The van der Waals surface area contributed by atoms with Gasteiger partial charge >= 0.3 is 0 Å². The van der Waals surface area contributed by atoms with E-state index in [1.165, 1.54) is 0 Å². The van der Waals surface area contributed by atoms with Crippen molar-refractivity contribution in [3.63, 3.8) is 0 Å². The third-order valence-corrected chi connectivity index (χ3v) is 3.45. The summed E-state index contributed by atoms with van der Waals surface area (Å²) in [7, 11) is 1.80. The summed E-state index contributed by atoms with van der Waals surface area (Å²) in [4.78, 5) is 26.1. The highest BCUT2D eigenvalue weighted by Crippen LogP contribution is 2.16. The van der Waals surface area contributed by atoms with Crippen LogP contribution in [0.3, 0.4) is 0 Å². The number of hydrogen-bond acceptors (Lipinski definition) is 3. The standard InChI is InChI=1S/C13H20N4O2/c1-4-10-9(8-16(3)15-10)13(19)17-7-6-14-12(18)11(17)5-2/h8,11H,4-7H2,1-3H3,(H,14,18). The van der Waals surface area contributed by atoms with Gasteiger partial charge in [-0.3, -0.25) is 14.3 Å². The molecule has 104 valence electrons. The maximum Gasteiger partial charge on any atom is 0.258 e. The van der Waals surface area contributed by atoms with Gasteiger partial charge < -0.3 is 10.2 Å². The van der Waals surface area contributed by atoms with Crippen molar-refractivity contribution < 1.29 is 9.59 Å². The number of nitrogens with zero attached hydrogens (tertiary/aromatic N) is 3. The number of amides is 2. The maximum absolute atomic E-state index is 12.6. The first-order valence-electron chi connectivity index (χ1n) is 6.69. The first-order chi connectivity index (χ1) is 9.08. The predicted octanol–water partition coefficient (Wildman–Crippen LogP) is 0.333. The molecular formula is C13H20N4O2. The lowest BCUT2D eigenvalue weighted by molar-refractivity contribution is -0.127. The summed E-state index contributed by atoms with van der Waals surface area (Å²) in [6, 6.07) is -0.369. The molecule has 1 aliphatic heterocycles. The lowest BCUT2D eigenvalue weighted by Crippen LogP contribution is -2.57. The van der Waals surface area contributed by atoms with E-state index in [1.54, 1.807) is 22.8 Å². The summed E-state index contributed by atoms with van der Waals surface area (Å²) in [5.74, 6) is -0.157. The quantitative estimate of drug-likeness (QED) is 0.855. The van der Waals surface area contributed by atoms with Crippen molar-refractivity contribution in [2.45, 2.75) is 32.7 Å². The fraction of sp³-hybridized carbons (Fsp3) is 0.615. The minimum atomic E-state index is -0.369. The monoisotopic (exact) mass is 264 g/mol. The maximum atomic E-state index is 12.6. The summed E-state index contributed by atoms with van der Waals surface area (Å²) in [6.07, 6.45) is 3.07. The molecule has 1 atom stereocenters. The highest BCUT2D eigenvalue weighted by atomic mass is 16.2. The smallest absolute Gasteiger partial charge is 0.258 e. The van der Waals surface area contributed by atoms with Crippen molar-refractivity contribution in [3.8, 4) is 0 Å². The molecule has 6 heteroatoms. The summed E-state index contributed by atoms with van der Waals surface area (Å²) in [6.45, 7) is 4.96. The molecule has 6 nitrogen and oxygen atoms in total. The van der Waals surface area contributed by atoms with Crippen LogP contribution in [-0.4, -0.2) is 45.6 Å². The van der Waals surface area contributed by atoms with Crippen LogP contribution in [0.5, 0.6) is 0 Å². The van der Waals surface area contributed by atoms with E-state index in [4.69, 9.17) is 0 Å². The molecule has 1 fully saturated rings. The van der Waals surface area contributed by atoms with Crippen molar-refractivity contribution in [1.82, 2.24) is 20.0 Å². The number of aromatic nitrogens is 2. The van der Waals surface area contributed by atoms with Crippen LogP contribution >= 0.6 is 0 Å². The van der Waals surface area contributed by atoms with Gasteiger partial charge in [-0.1, -0.05) is 13.8 Å². The number of piperazine rings is 1.